The molecule has 1 amide bonds. The van der Waals surface area contributed by atoms with Crippen LogP contribution in [0.25, 0.3) is 0 Å². The summed E-state index contributed by atoms with van der Waals surface area (Å²) in [5.74, 6) is -2.01. The van der Waals surface area contributed by atoms with Crippen LogP contribution < -0.4 is 11.1 Å². The Morgan fingerprint density at radius 2 is 2.06 bits per heavy atom. The molecule has 0 aromatic heterocycles. The molecule has 1 rings (SSSR count). The van der Waals surface area contributed by atoms with Crippen molar-refractivity contribution in [3.05, 3.63) is 35.1 Å². The van der Waals surface area contributed by atoms with Gasteiger partial charge in [0.2, 0.25) is 0 Å². The molecule has 18 heavy (non-hydrogen) atoms. The molecule has 0 unspecified atom stereocenters. The first kappa shape index (κ1) is 14.4. The third kappa shape index (κ3) is 3.43. The molecule has 0 radical (unpaired) electrons. The summed E-state index contributed by atoms with van der Waals surface area (Å²) in [7, 11) is 0. The van der Waals surface area contributed by atoms with Crippen LogP contribution in [0, 0.1) is 5.82 Å². The van der Waals surface area contributed by atoms with Crippen LogP contribution in [0.5, 0.6) is 0 Å². The van der Waals surface area contributed by atoms with Crippen molar-refractivity contribution in [3.63, 3.8) is 0 Å². The zero-order chi connectivity index (χ0) is 13.9. The quantitative estimate of drug-likeness (QED) is 0.820. The maximum absolute atomic E-state index is 13.4. The van der Waals surface area contributed by atoms with E-state index < -0.39 is 29.5 Å². The second-order valence-electron chi connectivity index (χ2n) is 3.76. The molecule has 0 saturated carbocycles. The van der Waals surface area contributed by atoms with E-state index in [9.17, 15) is 22.4 Å². The van der Waals surface area contributed by atoms with Crippen LogP contribution in [0.15, 0.2) is 18.2 Å². The highest BCUT2D eigenvalue weighted by Crippen LogP contribution is 2.20. The average Bonchev–Trinajstić information content (AvgIpc) is 2.27. The van der Waals surface area contributed by atoms with Crippen molar-refractivity contribution in [3.8, 4) is 0 Å². The highest BCUT2D eigenvalue weighted by atomic mass is 19.4. The van der Waals surface area contributed by atoms with Crippen molar-refractivity contribution in [1.82, 2.24) is 5.32 Å². The topological polar surface area (TPSA) is 55.1 Å². The number of nitrogens with two attached hydrogens (primary N) is 1. The molecule has 3 nitrogen and oxygen atoms in total. The Kier molecular flexibility index (Phi) is 4.28. The van der Waals surface area contributed by atoms with E-state index in [1.54, 1.807) is 5.32 Å². The molecule has 1 atom stereocenters. The van der Waals surface area contributed by atoms with E-state index in [4.69, 9.17) is 5.73 Å². The fourth-order valence-electron chi connectivity index (χ4n) is 1.23. The molecule has 1 aromatic rings. The van der Waals surface area contributed by atoms with Crippen LogP contribution in [0.2, 0.25) is 0 Å². The number of amides is 1. The summed E-state index contributed by atoms with van der Waals surface area (Å²) in [5.41, 5.74) is 5.28. The highest BCUT2D eigenvalue weighted by molar-refractivity contribution is 5.94. The number of nitrogens with one attached hydrogen (secondary N) is 1. The highest BCUT2D eigenvalue weighted by Gasteiger charge is 2.37. The van der Waals surface area contributed by atoms with Crippen molar-refractivity contribution >= 4 is 5.91 Å². The fraction of sp³-hybridized carbons (Fsp3) is 0.364. The van der Waals surface area contributed by atoms with Crippen molar-refractivity contribution in [1.29, 1.82) is 0 Å². The van der Waals surface area contributed by atoms with Crippen LogP contribution in [-0.2, 0) is 6.54 Å². The molecular formula is C11H12F4N2O. The van der Waals surface area contributed by atoms with Crippen molar-refractivity contribution in [2.24, 2.45) is 5.73 Å². The smallest absolute Gasteiger partial charge is 0.340 e. The summed E-state index contributed by atoms with van der Waals surface area (Å²) in [6.07, 6.45) is -4.57. The molecule has 7 heteroatoms. The summed E-state index contributed by atoms with van der Waals surface area (Å²) >= 11 is 0. The summed E-state index contributed by atoms with van der Waals surface area (Å²) < 4.78 is 50.1. The lowest BCUT2D eigenvalue weighted by Gasteiger charge is -2.17. The first-order valence-corrected chi connectivity index (χ1v) is 5.11. The van der Waals surface area contributed by atoms with E-state index in [1.807, 2.05) is 0 Å². The van der Waals surface area contributed by atoms with Gasteiger partial charge in [0.25, 0.3) is 5.91 Å². The Morgan fingerprint density at radius 3 is 2.50 bits per heavy atom. The maximum atomic E-state index is 13.4. The normalized spacial score (nSPS) is 13.2. The van der Waals surface area contributed by atoms with Gasteiger partial charge in [0.1, 0.15) is 11.9 Å². The van der Waals surface area contributed by atoms with Gasteiger partial charge in [0.15, 0.2) is 0 Å². The van der Waals surface area contributed by atoms with Gasteiger partial charge in [-0.25, -0.2) is 4.39 Å². The Labute approximate surface area is 101 Å². The second kappa shape index (κ2) is 5.34. The average molecular weight is 264 g/mol. The van der Waals surface area contributed by atoms with Gasteiger partial charge in [-0.05, 0) is 24.6 Å². The summed E-state index contributed by atoms with van der Waals surface area (Å²) in [6, 6.07) is 1.47. The SMILES string of the molecule is C[C@@H](NC(=O)c1ccc(CN)cc1F)C(F)(F)F. The van der Waals surface area contributed by atoms with Gasteiger partial charge < -0.3 is 11.1 Å². The van der Waals surface area contributed by atoms with E-state index in [0.29, 0.717) is 5.56 Å². The molecular weight excluding hydrogens is 252 g/mol. The van der Waals surface area contributed by atoms with Crippen LogP contribution >= 0.6 is 0 Å². The number of carbonyl (C=O) groups excluding carboxylic acids is 1. The third-order valence-corrected chi connectivity index (χ3v) is 2.35. The Bertz CT molecular complexity index is 445. The zero-order valence-corrected chi connectivity index (χ0v) is 9.51. The molecule has 0 spiro atoms. The fourth-order valence-corrected chi connectivity index (χ4v) is 1.23. The Balaban J connectivity index is 2.85. The number of carbonyl (C=O) groups is 1. The Hall–Kier alpha value is -1.63. The van der Waals surface area contributed by atoms with Gasteiger partial charge in [-0.3, -0.25) is 4.79 Å². The number of rotatable bonds is 3. The molecule has 0 aliphatic rings. The van der Waals surface area contributed by atoms with Gasteiger partial charge in [0, 0.05) is 6.54 Å². The predicted octanol–water partition coefficient (Wildman–Crippen LogP) is 1.97. The molecule has 3 N–H and O–H groups in total. The van der Waals surface area contributed by atoms with E-state index >= 15 is 0 Å². The molecule has 0 aliphatic carbocycles. The van der Waals surface area contributed by atoms with Crippen LogP contribution in [0.3, 0.4) is 0 Å². The molecule has 0 aliphatic heterocycles. The van der Waals surface area contributed by atoms with E-state index in [0.717, 1.165) is 19.1 Å². The summed E-state index contributed by atoms with van der Waals surface area (Å²) in [4.78, 5) is 11.4. The lowest BCUT2D eigenvalue weighted by Crippen LogP contribution is -2.43. The molecule has 0 saturated heterocycles. The van der Waals surface area contributed by atoms with E-state index in [1.165, 1.54) is 6.07 Å². The number of halogens is 4. The molecule has 0 bridgehead atoms. The summed E-state index contributed by atoms with van der Waals surface area (Å²) in [6.45, 7) is 0.863. The molecule has 0 fully saturated rings. The minimum atomic E-state index is -4.57. The monoisotopic (exact) mass is 264 g/mol. The largest absolute Gasteiger partial charge is 0.408 e. The second-order valence-corrected chi connectivity index (χ2v) is 3.76. The lowest BCUT2D eigenvalue weighted by atomic mass is 10.1. The summed E-state index contributed by atoms with van der Waals surface area (Å²) in [5, 5.41) is 1.68. The van der Waals surface area contributed by atoms with Gasteiger partial charge in [-0.15, -0.1) is 0 Å². The zero-order valence-electron chi connectivity index (χ0n) is 9.51. The van der Waals surface area contributed by atoms with Crippen LogP contribution in [0.1, 0.15) is 22.8 Å². The van der Waals surface area contributed by atoms with Gasteiger partial charge in [0.05, 0.1) is 5.56 Å². The minimum Gasteiger partial charge on any atom is -0.340 e. The van der Waals surface area contributed by atoms with Gasteiger partial charge in [-0.2, -0.15) is 13.2 Å². The number of alkyl halides is 3. The number of hydrogen-bond acceptors (Lipinski definition) is 2. The standard InChI is InChI=1S/C11H12F4N2O/c1-6(11(13,14)15)17-10(18)8-3-2-7(5-16)4-9(8)12/h2-4,6H,5,16H2,1H3,(H,17,18)/t6-/m1/s1. The lowest BCUT2D eigenvalue weighted by molar-refractivity contribution is -0.149. The van der Waals surface area contributed by atoms with Crippen molar-refractivity contribution < 1.29 is 22.4 Å². The molecule has 1 aromatic carbocycles. The minimum absolute atomic E-state index is 0.0811. The van der Waals surface area contributed by atoms with Crippen LogP contribution in [-0.4, -0.2) is 18.1 Å². The predicted molar refractivity (Wildman–Crippen MR) is 57.3 cm³/mol. The first-order valence-electron chi connectivity index (χ1n) is 5.11. The van der Waals surface area contributed by atoms with Crippen LogP contribution in [0.4, 0.5) is 17.6 Å². The Morgan fingerprint density at radius 1 is 1.44 bits per heavy atom. The van der Waals surface area contributed by atoms with Gasteiger partial charge >= 0.3 is 6.18 Å². The first-order chi connectivity index (χ1) is 8.25. The molecule has 0 heterocycles. The number of hydrogen-bond donors (Lipinski definition) is 2. The molecule has 100 valence electrons. The van der Waals surface area contributed by atoms with E-state index in [-0.39, 0.29) is 6.54 Å². The van der Waals surface area contributed by atoms with Gasteiger partial charge in [-0.1, -0.05) is 6.07 Å². The number of benzene rings is 1. The van der Waals surface area contributed by atoms with Crippen molar-refractivity contribution in [2.45, 2.75) is 25.7 Å². The third-order valence-electron chi connectivity index (χ3n) is 2.35. The van der Waals surface area contributed by atoms with E-state index in [2.05, 4.69) is 0 Å². The van der Waals surface area contributed by atoms with Crippen molar-refractivity contribution in [2.75, 3.05) is 0 Å². The maximum Gasteiger partial charge on any atom is 0.408 e.